The lowest BCUT2D eigenvalue weighted by Crippen LogP contribution is -2.27. The van der Waals surface area contributed by atoms with Crippen molar-refractivity contribution in [2.24, 2.45) is 0 Å². The van der Waals surface area contributed by atoms with Gasteiger partial charge in [-0.3, -0.25) is 4.79 Å². The van der Waals surface area contributed by atoms with Crippen LogP contribution in [0.5, 0.6) is 11.8 Å². The number of carbonyl (C=O) groups is 1. The van der Waals surface area contributed by atoms with Gasteiger partial charge in [0.2, 0.25) is 11.8 Å². The number of nitrogens with one attached hydrogen (secondary N) is 1. The van der Waals surface area contributed by atoms with E-state index in [2.05, 4.69) is 25.0 Å². The number of rotatable bonds is 6. The normalized spacial score (nSPS) is 13.5. The van der Waals surface area contributed by atoms with E-state index in [1.807, 2.05) is 4.90 Å². The van der Waals surface area contributed by atoms with E-state index in [0.717, 1.165) is 33.0 Å². The van der Waals surface area contributed by atoms with Gasteiger partial charge in [-0.2, -0.15) is 19.3 Å². The van der Waals surface area contributed by atoms with Gasteiger partial charge < -0.3 is 19.7 Å². The zero-order valence-corrected chi connectivity index (χ0v) is 15.3. The number of aromatic nitrogens is 3. The van der Waals surface area contributed by atoms with Crippen LogP contribution in [0, 0.1) is 17.5 Å². The maximum atomic E-state index is 14.2. The third kappa shape index (κ3) is 3.92. The van der Waals surface area contributed by atoms with Crippen LogP contribution in [-0.4, -0.2) is 48.2 Å². The van der Waals surface area contributed by atoms with E-state index >= 15 is 0 Å². The molecule has 0 saturated carbocycles. The van der Waals surface area contributed by atoms with Crippen molar-refractivity contribution in [2.75, 3.05) is 32.2 Å². The number of carbonyl (C=O) groups excluding carboxylic acids is 1. The number of anilines is 1. The summed E-state index contributed by atoms with van der Waals surface area (Å²) in [6, 6.07) is 0.536. The van der Waals surface area contributed by atoms with Crippen LogP contribution in [0.25, 0.3) is 0 Å². The molecule has 1 saturated heterocycles. The Morgan fingerprint density at radius 1 is 1.11 bits per heavy atom. The lowest BCUT2D eigenvalue weighted by molar-refractivity contribution is 0.0944. The summed E-state index contributed by atoms with van der Waals surface area (Å²) in [5.74, 6) is -5.56. The molecule has 28 heavy (non-hydrogen) atoms. The second-order valence-electron chi connectivity index (χ2n) is 5.98. The van der Waals surface area contributed by atoms with E-state index < -0.39 is 34.7 Å². The number of ether oxygens (including phenoxy) is 2. The number of halogens is 3. The predicted molar refractivity (Wildman–Crippen MR) is 91.9 cm³/mol. The van der Waals surface area contributed by atoms with Crippen LogP contribution in [0.1, 0.15) is 29.0 Å². The quantitative estimate of drug-likeness (QED) is 0.744. The molecule has 0 atom stereocenters. The van der Waals surface area contributed by atoms with Crippen LogP contribution in [-0.2, 0) is 6.54 Å². The smallest absolute Gasteiger partial charge is 0.321 e. The number of methoxy groups -OCH3 is 2. The molecule has 0 bridgehead atoms. The highest BCUT2D eigenvalue weighted by Gasteiger charge is 2.24. The fraction of sp³-hybridized carbons (Fsp3) is 0.412. The second kappa shape index (κ2) is 8.28. The molecular formula is C17H18F3N5O3. The van der Waals surface area contributed by atoms with Crippen LogP contribution in [0.15, 0.2) is 6.07 Å². The van der Waals surface area contributed by atoms with E-state index in [1.54, 1.807) is 0 Å². The second-order valence-corrected chi connectivity index (χ2v) is 5.98. The number of amides is 1. The molecule has 1 N–H and O–H groups in total. The van der Waals surface area contributed by atoms with Gasteiger partial charge in [0.05, 0.1) is 26.3 Å². The van der Waals surface area contributed by atoms with Crippen molar-refractivity contribution in [3.63, 3.8) is 0 Å². The van der Waals surface area contributed by atoms with Gasteiger partial charge in [-0.15, -0.1) is 0 Å². The minimum absolute atomic E-state index is 0.0711. The van der Waals surface area contributed by atoms with Gasteiger partial charge in [-0.05, 0) is 18.9 Å². The van der Waals surface area contributed by atoms with Gasteiger partial charge in [0.15, 0.2) is 23.2 Å². The van der Waals surface area contributed by atoms with Gasteiger partial charge in [-0.25, -0.2) is 8.78 Å². The van der Waals surface area contributed by atoms with Crippen molar-refractivity contribution in [3.8, 4) is 11.8 Å². The standard InChI is InChI=1S/C17H18F3N5O3/c1-27-14-12(19)9(7-10(18)13(14)20)15(26)21-8-11-22-16(24-17(23-11)28-2)25-5-3-4-6-25/h7H,3-6,8H2,1-2H3,(H,21,26). The number of hydrogen-bond acceptors (Lipinski definition) is 7. The molecule has 150 valence electrons. The van der Waals surface area contributed by atoms with Crippen LogP contribution >= 0.6 is 0 Å². The molecule has 3 rings (SSSR count). The largest absolute Gasteiger partial charge is 0.491 e. The monoisotopic (exact) mass is 397 g/mol. The summed E-state index contributed by atoms with van der Waals surface area (Å²) in [6.45, 7) is 1.39. The molecule has 0 aliphatic carbocycles. The van der Waals surface area contributed by atoms with Crippen LogP contribution in [0.3, 0.4) is 0 Å². The van der Waals surface area contributed by atoms with Crippen molar-refractivity contribution in [1.82, 2.24) is 20.3 Å². The highest BCUT2D eigenvalue weighted by atomic mass is 19.2. The van der Waals surface area contributed by atoms with Crippen LogP contribution in [0.4, 0.5) is 19.1 Å². The van der Waals surface area contributed by atoms with Gasteiger partial charge in [-0.1, -0.05) is 0 Å². The first-order chi connectivity index (χ1) is 13.4. The van der Waals surface area contributed by atoms with Crippen LogP contribution in [0.2, 0.25) is 0 Å². The average molecular weight is 397 g/mol. The molecule has 0 radical (unpaired) electrons. The number of nitrogens with zero attached hydrogens (tertiary/aromatic N) is 4. The van der Waals surface area contributed by atoms with E-state index in [9.17, 15) is 18.0 Å². The molecule has 2 aromatic rings. The molecule has 1 aromatic carbocycles. The Bertz CT molecular complexity index is 891. The summed E-state index contributed by atoms with van der Waals surface area (Å²) in [7, 11) is 2.37. The summed E-state index contributed by atoms with van der Waals surface area (Å²) in [6.07, 6.45) is 2.02. The minimum atomic E-state index is -1.51. The van der Waals surface area contributed by atoms with Crippen molar-refractivity contribution in [2.45, 2.75) is 19.4 Å². The topological polar surface area (TPSA) is 89.5 Å². The van der Waals surface area contributed by atoms with Crippen molar-refractivity contribution >= 4 is 11.9 Å². The Hall–Kier alpha value is -3.11. The van der Waals surface area contributed by atoms with E-state index in [4.69, 9.17) is 4.74 Å². The first kappa shape index (κ1) is 19.6. The molecule has 0 unspecified atom stereocenters. The van der Waals surface area contributed by atoms with Crippen molar-refractivity contribution < 1.29 is 27.4 Å². The van der Waals surface area contributed by atoms with Crippen molar-refractivity contribution in [1.29, 1.82) is 0 Å². The molecular weight excluding hydrogens is 379 g/mol. The fourth-order valence-electron chi connectivity index (χ4n) is 2.79. The summed E-state index contributed by atoms with van der Waals surface area (Å²) in [5.41, 5.74) is -0.698. The summed E-state index contributed by atoms with van der Waals surface area (Å²) in [5, 5.41) is 2.37. The van der Waals surface area contributed by atoms with Gasteiger partial charge in [0.1, 0.15) is 0 Å². The molecule has 0 spiro atoms. The van der Waals surface area contributed by atoms with Gasteiger partial charge in [0.25, 0.3) is 5.91 Å². The minimum Gasteiger partial charge on any atom is -0.491 e. The lowest BCUT2D eigenvalue weighted by Gasteiger charge is -2.16. The van der Waals surface area contributed by atoms with E-state index in [0.29, 0.717) is 12.0 Å². The van der Waals surface area contributed by atoms with E-state index in [1.165, 1.54) is 7.11 Å². The lowest BCUT2D eigenvalue weighted by atomic mass is 10.1. The Morgan fingerprint density at radius 3 is 2.46 bits per heavy atom. The Labute approximate surface area is 158 Å². The highest BCUT2D eigenvalue weighted by molar-refractivity contribution is 5.94. The maximum Gasteiger partial charge on any atom is 0.321 e. The SMILES string of the molecule is COc1nc(CNC(=O)c2cc(F)c(F)c(OC)c2F)nc(N2CCCC2)n1. The Morgan fingerprint density at radius 2 is 1.82 bits per heavy atom. The first-order valence-corrected chi connectivity index (χ1v) is 8.48. The zero-order valence-electron chi connectivity index (χ0n) is 15.3. The Kier molecular flexibility index (Phi) is 5.81. The van der Waals surface area contributed by atoms with Crippen LogP contribution < -0.4 is 19.7 Å². The summed E-state index contributed by atoms with van der Waals surface area (Å²) in [4.78, 5) is 26.7. The highest BCUT2D eigenvalue weighted by Crippen LogP contribution is 2.27. The maximum absolute atomic E-state index is 14.2. The fourth-order valence-corrected chi connectivity index (χ4v) is 2.79. The van der Waals surface area contributed by atoms with Crippen molar-refractivity contribution in [3.05, 3.63) is 34.9 Å². The third-order valence-corrected chi connectivity index (χ3v) is 4.19. The zero-order chi connectivity index (χ0) is 20.3. The summed E-state index contributed by atoms with van der Waals surface area (Å²) < 4.78 is 50.9. The van der Waals surface area contributed by atoms with Gasteiger partial charge in [0, 0.05) is 13.1 Å². The third-order valence-electron chi connectivity index (χ3n) is 4.19. The first-order valence-electron chi connectivity index (χ1n) is 8.48. The molecule has 11 heteroatoms. The van der Waals surface area contributed by atoms with E-state index in [-0.39, 0.29) is 18.4 Å². The summed E-state index contributed by atoms with van der Waals surface area (Å²) >= 11 is 0. The predicted octanol–water partition coefficient (Wildman–Crippen LogP) is 1.84. The molecule has 2 heterocycles. The Balaban J connectivity index is 1.79. The van der Waals surface area contributed by atoms with Gasteiger partial charge >= 0.3 is 6.01 Å². The number of benzene rings is 1. The molecule has 1 aromatic heterocycles. The molecule has 8 nitrogen and oxygen atoms in total. The molecule has 1 aliphatic rings. The average Bonchev–Trinajstić information content (AvgIpc) is 3.24. The molecule has 1 fully saturated rings. The number of hydrogen-bond donors (Lipinski definition) is 1. The molecule has 1 aliphatic heterocycles. The molecule has 1 amide bonds.